The molecule has 5 nitrogen and oxygen atoms in total. The topological polar surface area (TPSA) is 55.2 Å². The van der Waals surface area contributed by atoms with Gasteiger partial charge in [-0.1, -0.05) is 30.3 Å². The number of benzene rings is 1. The molecular weight excluding hydrogens is 286 g/mol. The van der Waals surface area contributed by atoms with Crippen LogP contribution in [-0.2, 0) is 29.9 Å². The van der Waals surface area contributed by atoms with E-state index < -0.39 is 10.0 Å². The second-order valence-electron chi connectivity index (χ2n) is 5.43. The molecule has 0 saturated carbocycles. The molecule has 0 amide bonds. The van der Waals surface area contributed by atoms with Crippen LogP contribution in [0, 0.1) is 0 Å². The van der Waals surface area contributed by atoms with E-state index >= 15 is 0 Å². The van der Waals surface area contributed by atoms with Crippen LogP contribution in [0.2, 0.25) is 0 Å². The van der Waals surface area contributed by atoms with Gasteiger partial charge in [0.2, 0.25) is 10.0 Å². The Bertz CT molecular complexity index is 751. The second kappa shape index (κ2) is 5.27. The van der Waals surface area contributed by atoms with Crippen LogP contribution in [0.5, 0.6) is 0 Å². The van der Waals surface area contributed by atoms with E-state index in [0.717, 1.165) is 17.0 Å². The Morgan fingerprint density at radius 3 is 2.43 bits per heavy atom. The van der Waals surface area contributed by atoms with Crippen LogP contribution in [-0.4, -0.2) is 41.8 Å². The minimum Gasteiger partial charge on any atom is -0.267 e. The van der Waals surface area contributed by atoms with Crippen LogP contribution in [0.25, 0.3) is 11.3 Å². The van der Waals surface area contributed by atoms with Crippen molar-refractivity contribution < 1.29 is 8.42 Å². The minimum absolute atomic E-state index is 0.511. The van der Waals surface area contributed by atoms with E-state index in [4.69, 9.17) is 0 Å². The molecule has 3 rings (SSSR count). The van der Waals surface area contributed by atoms with Crippen LogP contribution in [0.3, 0.4) is 0 Å². The van der Waals surface area contributed by atoms with Gasteiger partial charge in [-0.2, -0.15) is 5.10 Å². The largest absolute Gasteiger partial charge is 0.267 e. The standard InChI is InChI=1S/C15H19N3O2S/c1-17-15(12-6-4-3-5-7-12)13-8-10-18(21(2,19)20)11-9-14(13)16-17/h3-7H,8-11H2,1-2H3. The number of sulfonamides is 1. The highest BCUT2D eigenvalue weighted by Crippen LogP contribution is 2.28. The zero-order valence-corrected chi connectivity index (χ0v) is 13.1. The third kappa shape index (κ3) is 2.73. The fraction of sp³-hybridized carbons (Fsp3) is 0.400. The van der Waals surface area contributed by atoms with Crippen molar-refractivity contribution in [1.29, 1.82) is 0 Å². The molecule has 0 unspecified atom stereocenters. The van der Waals surface area contributed by atoms with E-state index in [1.807, 2.05) is 29.9 Å². The van der Waals surface area contributed by atoms with Gasteiger partial charge < -0.3 is 0 Å². The number of aromatic nitrogens is 2. The molecule has 6 heteroatoms. The van der Waals surface area contributed by atoms with Gasteiger partial charge in [-0.15, -0.1) is 0 Å². The fourth-order valence-electron chi connectivity index (χ4n) is 2.95. The van der Waals surface area contributed by atoms with E-state index in [1.54, 1.807) is 4.31 Å². The maximum Gasteiger partial charge on any atom is 0.211 e. The monoisotopic (exact) mass is 305 g/mol. The van der Waals surface area contributed by atoms with Crippen LogP contribution in [0.15, 0.2) is 30.3 Å². The van der Waals surface area contributed by atoms with E-state index in [9.17, 15) is 8.42 Å². The molecular formula is C15H19N3O2S. The van der Waals surface area contributed by atoms with Gasteiger partial charge >= 0.3 is 0 Å². The summed E-state index contributed by atoms with van der Waals surface area (Å²) in [4.78, 5) is 0. The predicted molar refractivity (Wildman–Crippen MR) is 82.5 cm³/mol. The van der Waals surface area contributed by atoms with Gasteiger partial charge in [0.25, 0.3) is 0 Å². The smallest absolute Gasteiger partial charge is 0.211 e. The van der Waals surface area contributed by atoms with Gasteiger partial charge in [0.05, 0.1) is 17.6 Å². The first-order valence-corrected chi connectivity index (χ1v) is 8.87. The highest BCUT2D eigenvalue weighted by atomic mass is 32.2. The summed E-state index contributed by atoms with van der Waals surface area (Å²) in [5, 5.41) is 4.60. The van der Waals surface area contributed by atoms with Crippen molar-refractivity contribution in [3.63, 3.8) is 0 Å². The average molecular weight is 305 g/mol. The van der Waals surface area contributed by atoms with E-state index in [2.05, 4.69) is 17.2 Å². The normalized spacial score (nSPS) is 16.5. The Labute approximate surface area is 125 Å². The van der Waals surface area contributed by atoms with Crippen molar-refractivity contribution in [2.24, 2.45) is 7.05 Å². The van der Waals surface area contributed by atoms with Gasteiger partial charge in [-0.25, -0.2) is 12.7 Å². The van der Waals surface area contributed by atoms with Crippen molar-refractivity contribution >= 4 is 10.0 Å². The molecule has 1 aliphatic rings. The van der Waals surface area contributed by atoms with Gasteiger partial charge in [0.15, 0.2) is 0 Å². The molecule has 2 aromatic rings. The first kappa shape index (κ1) is 14.3. The number of hydrogen-bond donors (Lipinski definition) is 0. The predicted octanol–water partition coefficient (Wildman–Crippen LogP) is 1.45. The van der Waals surface area contributed by atoms with Gasteiger partial charge in [0, 0.05) is 37.7 Å². The molecule has 0 N–H and O–H groups in total. The molecule has 2 heterocycles. The fourth-order valence-corrected chi connectivity index (χ4v) is 3.80. The average Bonchev–Trinajstić information content (AvgIpc) is 2.60. The summed E-state index contributed by atoms with van der Waals surface area (Å²) < 4.78 is 26.9. The van der Waals surface area contributed by atoms with Crippen molar-refractivity contribution in [3.8, 4) is 11.3 Å². The lowest BCUT2D eigenvalue weighted by Gasteiger charge is -2.16. The van der Waals surface area contributed by atoms with Crippen LogP contribution in [0.4, 0.5) is 0 Å². The van der Waals surface area contributed by atoms with Crippen molar-refractivity contribution in [2.75, 3.05) is 19.3 Å². The lowest BCUT2D eigenvalue weighted by atomic mass is 10.0. The lowest BCUT2D eigenvalue weighted by Crippen LogP contribution is -2.32. The molecule has 0 bridgehead atoms. The number of nitrogens with zero attached hydrogens (tertiary/aromatic N) is 3. The Balaban J connectivity index is 2.00. The summed E-state index contributed by atoms with van der Waals surface area (Å²) in [6.45, 7) is 1.04. The Morgan fingerprint density at radius 1 is 1.10 bits per heavy atom. The van der Waals surface area contributed by atoms with Gasteiger partial charge in [-0.05, 0) is 6.42 Å². The number of rotatable bonds is 2. The van der Waals surface area contributed by atoms with E-state index in [-0.39, 0.29) is 0 Å². The van der Waals surface area contributed by atoms with Crippen LogP contribution in [0.1, 0.15) is 11.3 Å². The zero-order valence-electron chi connectivity index (χ0n) is 12.3. The SMILES string of the molecule is Cn1nc2c(c1-c1ccccc1)CCN(S(C)(=O)=O)CC2. The maximum absolute atomic E-state index is 11.7. The summed E-state index contributed by atoms with van der Waals surface area (Å²) in [7, 11) is -1.18. The van der Waals surface area contributed by atoms with Crippen molar-refractivity contribution in [3.05, 3.63) is 41.6 Å². The third-order valence-electron chi connectivity index (χ3n) is 3.95. The zero-order chi connectivity index (χ0) is 15.0. The number of aryl methyl sites for hydroxylation is 1. The van der Waals surface area contributed by atoms with Crippen LogP contribution >= 0.6 is 0 Å². The first-order valence-electron chi connectivity index (χ1n) is 7.02. The van der Waals surface area contributed by atoms with E-state index in [1.165, 1.54) is 11.8 Å². The third-order valence-corrected chi connectivity index (χ3v) is 5.26. The lowest BCUT2D eigenvalue weighted by molar-refractivity contribution is 0.429. The molecule has 0 saturated heterocycles. The second-order valence-corrected chi connectivity index (χ2v) is 7.41. The molecule has 1 aliphatic heterocycles. The molecule has 112 valence electrons. The Morgan fingerprint density at radius 2 is 1.76 bits per heavy atom. The summed E-state index contributed by atoms with van der Waals surface area (Å²) in [5.74, 6) is 0. The molecule has 1 aromatic carbocycles. The van der Waals surface area contributed by atoms with Crippen molar-refractivity contribution in [2.45, 2.75) is 12.8 Å². The highest BCUT2D eigenvalue weighted by Gasteiger charge is 2.25. The molecule has 1 aromatic heterocycles. The van der Waals surface area contributed by atoms with E-state index in [0.29, 0.717) is 25.9 Å². The molecule has 0 radical (unpaired) electrons. The summed E-state index contributed by atoms with van der Waals surface area (Å²) in [6.07, 6.45) is 2.65. The quantitative estimate of drug-likeness (QED) is 0.844. The molecule has 0 aliphatic carbocycles. The minimum atomic E-state index is -3.13. The number of hydrogen-bond acceptors (Lipinski definition) is 3. The summed E-state index contributed by atoms with van der Waals surface area (Å²) in [6, 6.07) is 10.1. The first-order chi connectivity index (χ1) is 9.97. The molecule has 21 heavy (non-hydrogen) atoms. The van der Waals surface area contributed by atoms with Gasteiger partial charge in [0.1, 0.15) is 0 Å². The number of fused-ring (bicyclic) bond motifs is 1. The Kier molecular flexibility index (Phi) is 3.59. The molecule has 0 fully saturated rings. The molecule has 0 spiro atoms. The highest BCUT2D eigenvalue weighted by molar-refractivity contribution is 7.88. The van der Waals surface area contributed by atoms with Crippen LogP contribution < -0.4 is 0 Å². The summed E-state index contributed by atoms with van der Waals surface area (Å²) >= 11 is 0. The molecule has 0 atom stereocenters. The summed E-state index contributed by atoms with van der Waals surface area (Å²) in [5.41, 5.74) is 4.42. The van der Waals surface area contributed by atoms with Gasteiger partial charge in [-0.3, -0.25) is 4.68 Å². The maximum atomic E-state index is 11.7. The Hall–Kier alpha value is -1.66. The van der Waals surface area contributed by atoms with Crippen molar-refractivity contribution in [1.82, 2.24) is 14.1 Å².